The lowest BCUT2D eigenvalue weighted by molar-refractivity contribution is -0.0763. The highest BCUT2D eigenvalue weighted by molar-refractivity contribution is 9.10. The monoisotopic (exact) mass is 340 g/mol. The van der Waals surface area contributed by atoms with E-state index >= 15 is 0 Å². The highest BCUT2D eigenvalue weighted by Gasteiger charge is 2.34. The molecule has 1 aromatic heterocycles. The van der Waals surface area contributed by atoms with Gasteiger partial charge in [0, 0.05) is 12.5 Å². The molecule has 1 saturated heterocycles. The van der Waals surface area contributed by atoms with Gasteiger partial charge >= 0.3 is 0 Å². The van der Waals surface area contributed by atoms with Gasteiger partial charge < -0.3 is 9.72 Å². The minimum Gasteiger partial charge on any atom is -0.367 e. The van der Waals surface area contributed by atoms with Crippen LogP contribution in [0.4, 0.5) is 0 Å². The van der Waals surface area contributed by atoms with Crippen LogP contribution in [0, 0.1) is 0 Å². The van der Waals surface area contributed by atoms with Gasteiger partial charge in [0.1, 0.15) is 15.9 Å². The summed E-state index contributed by atoms with van der Waals surface area (Å²) in [5.74, 6) is 1.12. The number of nitrogens with zero attached hydrogens (tertiary/aromatic N) is 1. The topological polar surface area (TPSA) is 55.0 Å². The molecule has 1 aliphatic carbocycles. The second-order valence-electron chi connectivity index (χ2n) is 6.13. The molecule has 0 radical (unpaired) electrons. The van der Waals surface area contributed by atoms with Crippen molar-refractivity contribution in [1.29, 1.82) is 0 Å². The average Bonchev–Trinajstić information content (AvgIpc) is 2.96. The molecule has 0 amide bonds. The van der Waals surface area contributed by atoms with Crippen LogP contribution in [0.5, 0.6) is 0 Å². The number of rotatable bonds is 2. The first-order chi connectivity index (χ1) is 9.60. The molecule has 1 atom stereocenters. The van der Waals surface area contributed by atoms with Gasteiger partial charge in [-0.3, -0.25) is 4.79 Å². The maximum atomic E-state index is 12.2. The third-order valence-corrected chi connectivity index (χ3v) is 5.37. The van der Waals surface area contributed by atoms with Crippen molar-refractivity contribution in [3.8, 4) is 0 Å². The Morgan fingerprint density at radius 3 is 2.70 bits per heavy atom. The molecule has 1 aromatic rings. The number of nitrogens with one attached hydrogen (secondary N) is 1. The van der Waals surface area contributed by atoms with E-state index in [4.69, 9.17) is 9.72 Å². The molecule has 3 rings (SSSR count). The summed E-state index contributed by atoms with van der Waals surface area (Å²) in [4.78, 5) is 19.9. The van der Waals surface area contributed by atoms with Gasteiger partial charge in [-0.1, -0.05) is 12.8 Å². The number of H-pyrrole nitrogens is 1. The second kappa shape index (κ2) is 5.60. The zero-order valence-corrected chi connectivity index (χ0v) is 13.5. The highest BCUT2D eigenvalue weighted by atomic mass is 79.9. The molecule has 1 aliphatic heterocycles. The molecule has 110 valence electrons. The third-order valence-electron chi connectivity index (χ3n) is 4.60. The van der Waals surface area contributed by atoms with Crippen molar-refractivity contribution in [2.24, 2.45) is 0 Å². The van der Waals surface area contributed by atoms with E-state index in [1.165, 1.54) is 12.8 Å². The van der Waals surface area contributed by atoms with Crippen molar-refractivity contribution in [2.75, 3.05) is 6.61 Å². The van der Waals surface area contributed by atoms with E-state index < -0.39 is 5.60 Å². The van der Waals surface area contributed by atoms with Crippen LogP contribution in [0.15, 0.2) is 9.27 Å². The molecule has 0 aromatic carbocycles. The van der Waals surface area contributed by atoms with Crippen LogP contribution < -0.4 is 5.56 Å². The summed E-state index contributed by atoms with van der Waals surface area (Å²) in [6.45, 7) is 2.78. The number of hydrogen-bond acceptors (Lipinski definition) is 3. The SMILES string of the molecule is CC1(c2nc(C3CCCC3)c(Br)c(=O)[nH]2)CCCCO1. The Morgan fingerprint density at radius 2 is 2.05 bits per heavy atom. The molecular formula is C15H21BrN2O2. The summed E-state index contributed by atoms with van der Waals surface area (Å²) in [5, 5.41) is 0. The lowest BCUT2D eigenvalue weighted by atomic mass is 9.94. The van der Waals surface area contributed by atoms with Gasteiger partial charge in [0.05, 0.1) is 5.69 Å². The fraction of sp³-hybridized carbons (Fsp3) is 0.733. The standard InChI is InChI=1S/C15H21BrN2O2/c1-15(8-4-5-9-20-15)14-17-12(10-6-2-3-7-10)11(16)13(19)18-14/h10H,2-9H2,1H3,(H,17,18,19). The molecule has 20 heavy (non-hydrogen) atoms. The van der Waals surface area contributed by atoms with Crippen molar-refractivity contribution in [3.63, 3.8) is 0 Å². The zero-order chi connectivity index (χ0) is 14.2. The lowest BCUT2D eigenvalue weighted by Crippen LogP contribution is -2.35. The van der Waals surface area contributed by atoms with Crippen LogP contribution in [0.1, 0.15) is 69.3 Å². The first-order valence-corrected chi connectivity index (χ1v) is 8.33. The Bertz CT molecular complexity index is 543. The largest absolute Gasteiger partial charge is 0.367 e. The van der Waals surface area contributed by atoms with Crippen LogP contribution in [-0.2, 0) is 10.3 Å². The van der Waals surface area contributed by atoms with Gasteiger partial charge in [0.25, 0.3) is 5.56 Å². The Balaban J connectivity index is 2.01. The summed E-state index contributed by atoms with van der Waals surface area (Å²) in [7, 11) is 0. The fourth-order valence-electron chi connectivity index (χ4n) is 3.32. The third kappa shape index (κ3) is 2.58. The smallest absolute Gasteiger partial charge is 0.265 e. The summed E-state index contributed by atoms with van der Waals surface area (Å²) < 4.78 is 6.52. The predicted octanol–water partition coefficient (Wildman–Crippen LogP) is 3.61. The van der Waals surface area contributed by atoms with Crippen LogP contribution in [0.3, 0.4) is 0 Å². The molecule has 1 saturated carbocycles. The van der Waals surface area contributed by atoms with Crippen LogP contribution in [-0.4, -0.2) is 16.6 Å². The lowest BCUT2D eigenvalue weighted by Gasteiger charge is -2.33. The highest BCUT2D eigenvalue weighted by Crippen LogP contribution is 2.37. The van der Waals surface area contributed by atoms with Crippen LogP contribution in [0.25, 0.3) is 0 Å². The molecule has 2 heterocycles. The number of aromatic nitrogens is 2. The zero-order valence-electron chi connectivity index (χ0n) is 11.9. The molecule has 0 spiro atoms. The number of halogens is 1. The Kier molecular flexibility index (Phi) is 4.00. The summed E-state index contributed by atoms with van der Waals surface area (Å²) in [5.41, 5.74) is 0.412. The Hall–Kier alpha value is -0.680. The fourth-order valence-corrected chi connectivity index (χ4v) is 3.83. The van der Waals surface area contributed by atoms with E-state index in [0.29, 0.717) is 16.2 Å². The maximum absolute atomic E-state index is 12.2. The van der Waals surface area contributed by atoms with Gasteiger partial charge in [0.15, 0.2) is 0 Å². The van der Waals surface area contributed by atoms with E-state index in [1.54, 1.807) is 0 Å². The molecule has 2 aliphatic rings. The van der Waals surface area contributed by atoms with E-state index in [-0.39, 0.29) is 5.56 Å². The average molecular weight is 341 g/mol. The van der Waals surface area contributed by atoms with Crippen LogP contribution in [0.2, 0.25) is 0 Å². The van der Waals surface area contributed by atoms with Crippen molar-refractivity contribution in [1.82, 2.24) is 9.97 Å². The molecule has 1 unspecified atom stereocenters. The normalized spacial score (nSPS) is 27.9. The van der Waals surface area contributed by atoms with Gasteiger partial charge in [-0.05, 0) is 55.0 Å². The van der Waals surface area contributed by atoms with E-state index in [1.807, 2.05) is 6.92 Å². The first kappa shape index (κ1) is 14.3. The van der Waals surface area contributed by atoms with Crippen LogP contribution >= 0.6 is 15.9 Å². The van der Waals surface area contributed by atoms with Crippen molar-refractivity contribution in [3.05, 3.63) is 26.3 Å². The molecular weight excluding hydrogens is 320 g/mol. The Labute approximate surface area is 127 Å². The van der Waals surface area contributed by atoms with Crippen molar-refractivity contribution < 1.29 is 4.74 Å². The molecule has 1 N–H and O–H groups in total. The maximum Gasteiger partial charge on any atom is 0.265 e. The van der Waals surface area contributed by atoms with Gasteiger partial charge in [0.2, 0.25) is 0 Å². The van der Waals surface area contributed by atoms with E-state index in [0.717, 1.165) is 44.4 Å². The van der Waals surface area contributed by atoms with Gasteiger partial charge in [-0.2, -0.15) is 0 Å². The van der Waals surface area contributed by atoms with Crippen molar-refractivity contribution >= 4 is 15.9 Å². The number of aromatic amines is 1. The van der Waals surface area contributed by atoms with Gasteiger partial charge in [-0.15, -0.1) is 0 Å². The van der Waals surface area contributed by atoms with E-state index in [9.17, 15) is 4.79 Å². The summed E-state index contributed by atoms with van der Waals surface area (Å²) in [6, 6.07) is 0. The first-order valence-electron chi connectivity index (χ1n) is 7.54. The predicted molar refractivity (Wildman–Crippen MR) is 80.9 cm³/mol. The summed E-state index contributed by atoms with van der Waals surface area (Å²) >= 11 is 3.42. The second-order valence-corrected chi connectivity index (χ2v) is 6.92. The minimum absolute atomic E-state index is 0.0766. The molecule has 0 bridgehead atoms. The summed E-state index contributed by atoms with van der Waals surface area (Å²) in [6.07, 6.45) is 7.85. The molecule has 4 nitrogen and oxygen atoms in total. The van der Waals surface area contributed by atoms with Crippen molar-refractivity contribution in [2.45, 2.75) is 63.4 Å². The van der Waals surface area contributed by atoms with E-state index in [2.05, 4.69) is 20.9 Å². The quantitative estimate of drug-likeness (QED) is 0.894. The number of ether oxygens (including phenoxy) is 1. The Morgan fingerprint density at radius 1 is 1.30 bits per heavy atom. The number of hydrogen-bond donors (Lipinski definition) is 1. The van der Waals surface area contributed by atoms with Gasteiger partial charge in [-0.25, -0.2) is 4.98 Å². The minimum atomic E-state index is -0.439. The molecule has 2 fully saturated rings. The molecule has 5 heteroatoms.